The normalized spacial score (nSPS) is 21.9. The maximum absolute atomic E-state index is 12.1. The molecular formula is C11H20N2O3. The number of carboxylic acids is 1. The first-order valence-corrected chi connectivity index (χ1v) is 5.59. The molecule has 0 aromatic heterocycles. The SMILES string of the molecule is CNC(C)(C)C(=O)N1CCC[C@H](C(=O)O)C1. The summed E-state index contributed by atoms with van der Waals surface area (Å²) in [6.45, 7) is 4.60. The lowest BCUT2D eigenvalue weighted by Gasteiger charge is -2.36. The maximum atomic E-state index is 12.1. The molecule has 0 aromatic rings. The molecule has 1 heterocycles. The number of carbonyl (C=O) groups excluding carboxylic acids is 1. The fourth-order valence-electron chi connectivity index (χ4n) is 1.87. The van der Waals surface area contributed by atoms with Crippen molar-refractivity contribution >= 4 is 11.9 Å². The lowest BCUT2D eigenvalue weighted by molar-refractivity contribution is -0.147. The van der Waals surface area contributed by atoms with Gasteiger partial charge in [-0.25, -0.2) is 0 Å². The summed E-state index contributed by atoms with van der Waals surface area (Å²) in [4.78, 5) is 24.6. The lowest BCUT2D eigenvalue weighted by atomic mass is 9.95. The second kappa shape index (κ2) is 4.82. The van der Waals surface area contributed by atoms with Gasteiger partial charge in [-0.3, -0.25) is 9.59 Å². The molecule has 0 unspecified atom stereocenters. The third-order valence-electron chi connectivity index (χ3n) is 3.22. The van der Waals surface area contributed by atoms with Crippen LogP contribution in [0.15, 0.2) is 0 Å². The molecule has 1 aliphatic heterocycles. The number of carbonyl (C=O) groups is 2. The molecule has 0 bridgehead atoms. The number of carboxylic acid groups (broad SMARTS) is 1. The number of nitrogens with one attached hydrogen (secondary N) is 1. The van der Waals surface area contributed by atoms with E-state index in [1.54, 1.807) is 25.8 Å². The van der Waals surface area contributed by atoms with Gasteiger partial charge in [0.15, 0.2) is 0 Å². The van der Waals surface area contributed by atoms with Crippen LogP contribution in [0.4, 0.5) is 0 Å². The van der Waals surface area contributed by atoms with Gasteiger partial charge in [-0.05, 0) is 33.7 Å². The first-order chi connectivity index (χ1) is 7.38. The zero-order valence-electron chi connectivity index (χ0n) is 10.1. The summed E-state index contributed by atoms with van der Waals surface area (Å²) in [5, 5.41) is 11.9. The predicted octanol–water partition coefficient (Wildman–Crippen LogP) is 0.308. The van der Waals surface area contributed by atoms with Gasteiger partial charge in [0.05, 0.1) is 11.5 Å². The molecule has 1 atom stereocenters. The topological polar surface area (TPSA) is 69.6 Å². The summed E-state index contributed by atoms with van der Waals surface area (Å²) in [6.07, 6.45) is 1.43. The first-order valence-electron chi connectivity index (χ1n) is 5.59. The van der Waals surface area contributed by atoms with Gasteiger partial charge in [-0.1, -0.05) is 0 Å². The third kappa shape index (κ3) is 2.72. The van der Waals surface area contributed by atoms with Gasteiger partial charge < -0.3 is 15.3 Å². The van der Waals surface area contributed by atoms with E-state index in [1.807, 2.05) is 0 Å². The van der Waals surface area contributed by atoms with Crippen LogP contribution in [-0.4, -0.2) is 47.6 Å². The molecule has 92 valence electrons. The number of hydrogen-bond donors (Lipinski definition) is 2. The summed E-state index contributed by atoms with van der Waals surface area (Å²) in [6, 6.07) is 0. The molecule has 5 nitrogen and oxygen atoms in total. The highest BCUT2D eigenvalue weighted by molar-refractivity contribution is 5.86. The van der Waals surface area contributed by atoms with E-state index in [4.69, 9.17) is 5.11 Å². The average Bonchev–Trinajstić information content (AvgIpc) is 2.28. The quantitative estimate of drug-likeness (QED) is 0.729. The van der Waals surface area contributed by atoms with Crippen LogP contribution in [0.2, 0.25) is 0 Å². The molecule has 5 heteroatoms. The lowest BCUT2D eigenvalue weighted by Crippen LogP contribution is -2.55. The number of nitrogens with zero attached hydrogens (tertiary/aromatic N) is 1. The summed E-state index contributed by atoms with van der Waals surface area (Å²) < 4.78 is 0. The fourth-order valence-corrected chi connectivity index (χ4v) is 1.87. The Balaban J connectivity index is 2.67. The van der Waals surface area contributed by atoms with Crippen molar-refractivity contribution in [1.82, 2.24) is 10.2 Å². The molecule has 1 amide bonds. The Bertz CT molecular complexity index is 289. The highest BCUT2D eigenvalue weighted by Gasteiger charge is 2.34. The van der Waals surface area contributed by atoms with E-state index >= 15 is 0 Å². The van der Waals surface area contributed by atoms with Crippen LogP contribution >= 0.6 is 0 Å². The van der Waals surface area contributed by atoms with E-state index in [2.05, 4.69) is 5.32 Å². The van der Waals surface area contributed by atoms with E-state index in [-0.39, 0.29) is 5.91 Å². The minimum absolute atomic E-state index is 0.0269. The Morgan fingerprint density at radius 3 is 2.56 bits per heavy atom. The second-order valence-electron chi connectivity index (χ2n) is 4.80. The highest BCUT2D eigenvalue weighted by atomic mass is 16.4. The van der Waals surface area contributed by atoms with Crippen LogP contribution in [-0.2, 0) is 9.59 Å². The Labute approximate surface area is 95.8 Å². The number of amides is 1. The van der Waals surface area contributed by atoms with Crippen LogP contribution in [0, 0.1) is 5.92 Å². The van der Waals surface area contributed by atoms with Crippen molar-refractivity contribution in [2.24, 2.45) is 5.92 Å². The number of rotatable bonds is 3. The van der Waals surface area contributed by atoms with Crippen molar-refractivity contribution < 1.29 is 14.7 Å². The van der Waals surface area contributed by atoms with Crippen LogP contribution in [0.1, 0.15) is 26.7 Å². The van der Waals surface area contributed by atoms with Crippen LogP contribution in [0.3, 0.4) is 0 Å². The predicted molar refractivity (Wildman–Crippen MR) is 60.1 cm³/mol. The molecule has 0 aliphatic carbocycles. The molecule has 0 aromatic carbocycles. The highest BCUT2D eigenvalue weighted by Crippen LogP contribution is 2.19. The third-order valence-corrected chi connectivity index (χ3v) is 3.22. The van der Waals surface area contributed by atoms with Crippen molar-refractivity contribution in [2.75, 3.05) is 20.1 Å². The number of likely N-dealkylation sites (tertiary alicyclic amines) is 1. The van der Waals surface area contributed by atoms with Crippen LogP contribution in [0.25, 0.3) is 0 Å². The Morgan fingerprint density at radius 2 is 2.06 bits per heavy atom. The first kappa shape index (κ1) is 13.0. The van der Waals surface area contributed by atoms with Gasteiger partial charge in [-0.2, -0.15) is 0 Å². The van der Waals surface area contributed by atoms with Crippen LogP contribution < -0.4 is 5.32 Å². The molecule has 16 heavy (non-hydrogen) atoms. The monoisotopic (exact) mass is 228 g/mol. The molecule has 1 rings (SSSR count). The van der Waals surface area contributed by atoms with E-state index in [0.29, 0.717) is 19.5 Å². The zero-order chi connectivity index (χ0) is 12.3. The van der Waals surface area contributed by atoms with Crippen molar-refractivity contribution in [1.29, 1.82) is 0 Å². The van der Waals surface area contributed by atoms with Crippen molar-refractivity contribution in [2.45, 2.75) is 32.2 Å². The zero-order valence-corrected chi connectivity index (χ0v) is 10.1. The molecule has 2 N–H and O–H groups in total. The Hall–Kier alpha value is -1.10. The number of aliphatic carboxylic acids is 1. The average molecular weight is 228 g/mol. The molecule has 1 aliphatic rings. The van der Waals surface area contributed by atoms with Gasteiger partial charge >= 0.3 is 5.97 Å². The minimum atomic E-state index is -0.806. The Morgan fingerprint density at radius 1 is 1.44 bits per heavy atom. The van der Waals surface area contributed by atoms with E-state index in [9.17, 15) is 9.59 Å². The van der Waals surface area contributed by atoms with E-state index < -0.39 is 17.4 Å². The van der Waals surface area contributed by atoms with E-state index in [1.165, 1.54) is 0 Å². The van der Waals surface area contributed by atoms with Crippen molar-refractivity contribution in [3.8, 4) is 0 Å². The van der Waals surface area contributed by atoms with Gasteiger partial charge in [0.1, 0.15) is 0 Å². The van der Waals surface area contributed by atoms with Crippen molar-refractivity contribution in [3.63, 3.8) is 0 Å². The standard InChI is InChI=1S/C11H20N2O3/c1-11(2,12-3)10(16)13-6-4-5-8(7-13)9(14)15/h8,12H,4-7H2,1-3H3,(H,14,15)/t8-/m0/s1. The molecular weight excluding hydrogens is 208 g/mol. The summed E-state index contributed by atoms with van der Waals surface area (Å²) in [7, 11) is 1.73. The summed E-state index contributed by atoms with van der Waals surface area (Å²) in [5.41, 5.74) is -0.625. The molecule has 1 fully saturated rings. The largest absolute Gasteiger partial charge is 0.481 e. The molecule has 1 saturated heterocycles. The maximum Gasteiger partial charge on any atom is 0.308 e. The minimum Gasteiger partial charge on any atom is -0.481 e. The smallest absolute Gasteiger partial charge is 0.308 e. The molecule has 0 saturated carbocycles. The van der Waals surface area contributed by atoms with Gasteiger partial charge in [0.2, 0.25) is 5.91 Å². The van der Waals surface area contributed by atoms with Crippen molar-refractivity contribution in [3.05, 3.63) is 0 Å². The number of piperidine rings is 1. The number of likely N-dealkylation sites (N-methyl/N-ethyl adjacent to an activating group) is 1. The van der Waals surface area contributed by atoms with E-state index in [0.717, 1.165) is 6.42 Å². The van der Waals surface area contributed by atoms with Gasteiger partial charge in [-0.15, -0.1) is 0 Å². The summed E-state index contributed by atoms with van der Waals surface area (Å²) >= 11 is 0. The Kier molecular flexibility index (Phi) is 3.91. The van der Waals surface area contributed by atoms with Gasteiger partial charge in [0, 0.05) is 13.1 Å². The summed E-state index contributed by atoms with van der Waals surface area (Å²) in [5.74, 6) is -1.24. The fraction of sp³-hybridized carbons (Fsp3) is 0.818. The van der Waals surface area contributed by atoms with Gasteiger partial charge in [0.25, 0.3) is 0 Å². The number of hydrogen-bond acceptors (Lipinski definition) is 3. The molecule has 0 spiro atoms. The second-order valence-corrected chi connectivity index (χ2v) is 4.80. The molecule has 0 radical (unpaired) electrons. The van der Waals surface area contributed by atoms with Crippen LogP contribution in [0.5, 0.6) is 0 Å².